The van der Waals surface area contributed by atoms with Gasteiger partial charge in [-0.25, -0.2) is 19.4 Å². The van der Waals surface area contributed by atoms with Crippen molar-refractivity contribution in [3.8, 4) is 11.4 Å². The summed E-state index contributed by atoms with van der Waals surface area (Å²) in [6, 6.07) is 10.1. The molecule has 0 unspecified atom stereocenters. The first-order chi connectivity index (χ1) is 13.5. The van der Waals surface area contributed by atoms with Crippen LogP contribution < -0.4 is 11.2 Å². The minimum Gasteiger partial charge on any atom is -0.281 e. The maximum Gasteiger partial charge on any atom is 0.329 e. The number of rotatable bonds is 4. The highest BCUT2D eigenvalue weighted by Gasteiger charge is 2.18. The van der Waals surface area contributed by atoms with Crippen molar-refractivity contribution >= 4 is 11.0 Å². The Morgan fingerprint density at radius 1 is 1.11 bits per heavy atom. The van der Waals surface area contributed by atoms with Crippen molar-refractivity contribution in [2.75, 3.05) is 0 Å². The SMILES string of the molecule is CCc1ccc(Cn2ncnc2-c2cc(C)nc3c2c(=O)[nH]c(=O)n3C)cc1. The number of hydrogen-bond acceptors (Lipinski definition) is 5. The van der Waals surface area contributed by atoms with Gasteiger partial charge in [-0.1, -0.05) is 31.2 Å². The molecular formula is C20H20N6O2. The zero-order valence-electron chi connectivity index (χ0n) is 15.9. The Hall–Kier alpha value is -3.55. The zero-order chi connectivity index (χ0) is 19.8. The van der Waals surface area contributed by atoms with E-state index in [0.29, 0.717) is 34.7 Å². The van der Waals surface area contributed by atoms with E-state index >= 15 is 0 Å². The molecule has 4 aromatic rings. The Labute approximate surface area is 160 Å². The molecule has 0 aliphatic heterocycles. The van der Waals surface area contributed by atoms with Crippen LogP contribution in [0, 0.1) is 6.92 Å². The third-order valence-electron chi connectivity index (χ3n) is 4.82. The second-order valence-electron chi connectivity index (χ2n) is 6.74. The van der Waals surface area contributed by atoms with Gasteiger partial charge >= 0.3 is 5.69 Å². The summed E-state index contributed by atoms with van der Waals surface area (Å²) >= 11 is 0. The van der Waals surface area contributed by atoms with Gasteiger partial charge in [0, 0.05) is 18.3 Å². The summed E-state index contributed by atoms with van der Waals surface area (Å²) in [6.45, 7) is 4.46. The maximum absolute atomic E-state index is 12.6. The van der Waals surface area contributed by atoms with Gasteiger partial charge in [-0.05, 0) is 30.5 Å². The molecule has 0 fully saturated rings. The Morgan fingerprint density at radius 3 is 2.54 bits per heavy atom. The predicted octanol–water partition coefficient (Wildman–Crippen LogP) is 1.80. The number of hydrogen-bond donors (Lipinski definition) is 1. The number of nitrogens with zero attached hydrogens (tertiary/aromatic N) is 5. The highest BCUT2D eigenvalue weighted by atomic mass is 16.2. The highest BCUT2D eigenvalue weighted by Crippen LogP contribution is 2.24. The Morgan fingerprint density at radius 2 is 1.82 bits per heavy atom. The number of benzene rings is 1. The molecule has 0 aliphatic carbocycles. The molecular weight excluding hydrogens is 356 g/mol. The Bertz CT molecular complexity index is 1280. The smallest absolute Gasteiger partial charge is 0.281 e. The first-order valence-corrected chi connectivity index (χ1v) is 9.04. The molecule has 3 aromatic heterocycles. The molecule has 28 heavy (non-hydrogen) atoms. The van der Waals surface area contributed by atoms with Crippen LogP contribution in [0.3, 0.4) is 0 Å². The third-order valence-corrected chi connectivity index (χ3v) is 4.82. The normalized spacial score (nSPS) is 11.2. The Balaban J connectivity index is 1.88. The molecule has 1 aromatic carbocycles. The number of aromatic amines is 1. The fourth-order valence-corrected chi connectivity index (χ4v) is 3.28. The number of H-pyrrole nitrogens is 1. The minimum atomic E-state index is -0.501. The predicted molar refractivity (Wildman–Crippen MR) is 106 cm³/mol. The lowest BCUT2D eigenvalue weighted by Gasteiger charge is -2.11. The molecule has 0 aliphatic rings. The molecule has 3 heterocycles. The van der Waals surface area contributed by atoms with Gasteiger partial charge in [0.15, 0.2) is 5.82 Å². The summed E-state index contributed by atoms with van der Waals surface area (Å²) in [6.07, 6.45) is 2.45. The van der Waals surface area contributed by atoms with E-state index in [1.54, 1.807) is 17.8 Å². The Kier molecular flexibility index (Phi) is 4.38. The van der Waals surface area contributed by atoms with Gasteiger partial charge in [0.1, 0.15) is 12.0 Å². The number of fused-ring (bicyclic) bond motifs is 1. The van der Waals surface area contributed by atoms with E-state index in [9.17, 15) is 9.59 Å². The van der Waals surface area contributed by atoms with E-state index < -0.39 is 11.2 Å². The van der Waals surface area contributed by atoms with Crippen molar-refractivity contribution in [2.45, 2.75) is 26.8 Å². The monoisotopic (exact) mass is 376 g/mol. The highest BCUT2D eigenvalue weighted by molar-refractivity contribution is 5.90. The average molecular weight is 376 g/mol. The van der Waals surface area contributed by atoms with Crippen molar-refractivity contribution in [2.24, 2.45) is 7.05 Å². The van der Waals surface area contributed by atoms with Crippen LogP contribution in [-0.2, 0) is 20.0 Å². The first-order valence-electron chi connectivity index (χ1n) is 9.04. The second kappa shape index (κ2) is 6.88. The van der Waals surface area contributed by atoms with Gasteiger partial charge < -0.3 is 0 Å². The van der Waals surface area contributed by atoms with Crippen molar-refractivity contribution in [1.82, 2.24) is 29.3 Å². The topological polar surface area (TPSA) is 98.5 Å². The summed E-state index contributed by atoms with van der Waals surface area (Å²) in [5.74, 6) is 0.555. The minimum absolute atomic E-state index is 0.322. The van der Waals surface area contributed by atoms with Crippen LogP contribution in [0.4, 0.5) is 0 Å². The van der Waals surface area contributed by atoms with Gasteiger partial charge in [-0.15, -0.1) is 0 Å². The number of aryl methyl sites for hydroxylation is 3. The molecule has 0 bridgehead atoms. The van der Waals surface area contributed by atoms with Gasteiger partial charge in [-0.3, -0.25) is 14.3 Å². The molecule has 4 rings (SSSR count). The lowest BCUT2D eigenvalue weighted by Crippen LogP contribution is -2.29. The quantitative estimate of drug-likeness (QED) is 0.586. The summed E-state index contributed by atoms with van der Waals surface area (Å²) in [7, 11) is 1.58. The van der Waals surface area contributed by atoms with E-state index in [-0.39, 0.29) is 0 Å². The average Bonchev–Trinajstić information content (AvgIpc) is 3.14. The molecule has 142 valence electrons. The molecule has 0 radical (unpaired) electrons. The molecule has 8 nitrogen and oxygen atoms in total. The first kappa shape index (κ1) is 17.8. The van der Waals surface area contributed by atoms with Gasteiger partial charge in [-0.2, -0.15) is 5.10 Å². The standard InChI is InChI=1S/C20H20N6O2/c1-4-13-5-7-14(8-6-13)10-26-17(21-11-22-26)15-9-12(2)23-18-16(15)19(27)24-20(28)25(18)3/h5-9,11H,4,10H2,1-3H3,(H,24,27,28). The largest absolute Gasteiger partial charge is 0.329 e. The lowest BCUT2D eigenvalue weighted by molar-refractivity contribution is 0.693. The molecule has 8 heteroatoms. The van der Waals surface area contributed by atoms with E-state index in [2.05, 4.69) is 51.2 Å². The molecule has 0 saturated carbocycles. The van der Waals surface area contributed by atoms with Gasteiger partial charge in [0.2, 0.25) is 0 Å². The fraction of sp³-hybridized carbons (Fsp3) is 0.250. The number of pyridine rings is 1. The van der Waals surface area contributed by atoms with Crippen molar-refractivity contribution in [3.63, 3.8) is 0 Å². The van der Waals surface area contributed by atoms with E-state index in [0.717, 1.165) is 12.0 Å². The van der Waals surface area contributed by atoms with E-state index in [1.165, 1.54) is 16.5 Å². The van der Waals surface area contributed by atoms with Crippen LogP contribution in [0.25, 0.3) is 22.4 Å². The number of aromatic nitrogens is 6. The van der Waals surface area contributed by atoms with Crippen LogP contribution >= 0.6 is 0 Å². The molecule has 1 N–H and O–H groups in total. The van der Waals surface area contributed by atoms with Crippen LogP contribution in [-0.4, -0.2) is 29.3 Å². The van der Waals surface area contributed by atoms with E-state index in [1.807, 2.05) is 6.92 Å². The summed E-state index contributed by atoms with van der Waals surface area (Å²) < 4.78 is 3.08. The van der Waals surface area contributed by atoms with Crippen LogP contribution in [0.15, 0.2) is 46.2 Å². The molecule has 0 atom stereocenters. The summed E-state index contributed by atoms with van der Waals surface area (Å²) in [4.78, 5) is 35.6. The van der Waals surface area contributed by atoms with Crippen LogP contribution in [0.5, 0.6) is 0 Å². The third kappa shape index (κ3) is 3.02. The van der Waals surface area contributed by atoms with Crippen molar-refractivity contribution in [3.05, 3.63) is 74.3 Å². The summed E-state index contributed by atoms with van der Waals surface area (Å²) in [5, 5.41) is 4.66. The molecule has 0 amide bonds. The van der Waals surface area contributed by atoms with Crippen molar-refractivity contribution in [1.29, 1.82) is 0 Å². The lowest BCUT2D eigenvalue weighted by atomic mass is 10.1. The number of nitrogens with one attached hydrogen (secondary N) is 1. The molecule has 0 saturated heterocycles. The van der Waals surface area contributed by atoms with E-state index in [4.69, 9.17) is 0 Å². The van der Waals surface area contributed by atoms with Gasteiger partial charge in [0.25, 0.3) is 5.56 Å². The molecule has 0 spiro atoms. The maximum atomic E-state index is 12.6. The second-order valence-corrected chi connectivity index (χ2v) is 6.74. The fourth-order valence-electron chi connectivity index (χ4n) is 3.28. The zero-order valence-corrected chi connectivity index (χ0v) is 15.9. The van der Waals surface area contributed by atoms with Gasteiger partial charge in [0.05, 0.1) is 11.9 Å². The van der Waals surface area contributed by atoms with Crippen LogP contribution in [0.1, 0.15) is 23.7 Å². The van der Waals surface area contributed by atoms with Crippen LogP contribution in [0.2, 0.25) is 0 Å². The van der Waals surface area contributed by atoms with Crippen molar-refractivity contribution < 1.29 is 0 Å². The summed E-state index contributed by atoms with van der Waals surface area (Å²) in [5.41, 5.74) is 2.98.